The molecule has 0 spiro atoms. The molecule has 0 atom stereocenters. The maximum Gasteiger partial charge on any atom is 0.141 e. The number of para-hydroxylation sites is 2. The van der Waals surface area contributed by atoms with E-state index in [1.807, 2.05) is 18.2 Å². The molecule has 0 unspecified atom stereocenters. The molecule has 24 heavy (non-hydrogen) atoms. The van der Waals surface area contributed by atoms with Crippen molar-refractivity contribution >= 4 is 35.8 Å². The largest absolute Gasteiger partial charge is 0.495 e. The summed E-state index contributed by atoms with van der Waals surface area (Å²) in [6.45, 7) is 1.27. The predicted molar refractivity (Wildman–Crippen MR) is 90.3 cm³/mol. The predicted octanol–water partition coefficient (Wildman–Crippen LogP) is 0.189. The second kappa shape index (κ2) is 8.44. The zero-order chi connectivity index (χ0) is 18.3. The average molecular weight is 398 g/mol. The Kier molecular flexibility index (Phi) is 6.91. The first-order valence-corrected chi connectivity index (χ1v) is 10.1. The minimum absolute atomic E-state index is 0.236. The number of carbonyl (C=O) groups excluding carboxylic acids is 1. The van der Waals surface area contributed by atoms with Crippen LogP contribution in [0.25, 0.3) is 0 Å². The number of phenols is 1. The number of hydrogen-bond donors (Lipinski definition) is 5. The van der Waals surface area contributed by atoms with Gasteiger partial charge in [-0.15, -0.1) is 0 Å². The van der Waals surface area contributed by atoms with E-state index in [-0.39, 0.29) is 11.6 Å². The van der Waals surface area contributed by atoms with Crippen LogP contribution in [0.2, 0.25) is 0 Å². The maximum absolute atomic E-state index is 11.0. The van der Waals surface area contributed by atoms with Gasteiger partial charge >= 0.3 is 88.1 Å². The Labute approximate surface area is 141 Å². The van der Waals surface area contributed by atoms with Crippen molar-refractivity contribution in [3.8, 4) is 11.5 Å². The number of ether oxygens (including phenoxy) is 1. The second-order valence-electron chi connectivity index (χ2n) is 4.67. The summed E-state index contributed by atoms with van der Waals surface area (Å²) >= 11 is -5.15. The van der Waals surface area contributed by atoms with Gasteiger partial charge in [0, 0.05) is 0 Å². The Morgan fingerprint density at radius 1 is 1.21 bits per heavy atom. The zero-order valence-electron chi connectivity index (χ0n) is 13.1. The quantitative estimate of drug-likeness (QED) is 0.282. The molecule has 8 nitrogen and oxygen atoms in total. The number of methoxy groups -OCH3 is 1. The average Bonchev–Trinajstić information content (AvgIpc) is 2.49. The van der Waals surface area contributed by atoms with Crippen LogP contribution in [0.4, 0.5) is 11.4 Å². The van der Waals surface area contributed by atoms with Crippen molar-refractivity contribution < 1.29 is 26.6 Å². The molecule has 0 saturated heterocycles. The van der Waals surface area contributed by atoms with Crippen LogP contribution in [0, 0.1) is 0 Å². The Morgan fingerprint density at radius 3 is 2.29 bits per heavy atom. The first-order chi connectivity index (χ1) is 11.1. The molecule has 0 fully saturated rings. The normalized spacial score (nSPS) is 10.3. The molecule has 0 aliphatic heterocycles. The first kappa shape index (κ1) is 19.6. The third kappa shape index (κ3) is 6.00. The molecule has 0 radical (unpaired) electrons. The molecule has 6 N–H and O–H groups in total. The summed E-state index contributed by atoms with van der Waals surface area (Å²) in [5.74, 6) is -0.0984. The second-order valence-corrected chi connectivity index (χ2v) is 7.96. The summed E-state index contributed by atoms with van der Waals surface area (Å²) < 4.78 is 33.3. The van der Waals surface area contributed by atoms with Gasteiger partial charge in [-0.25, -0.2) is 0 Å². The molecule has 0 bridgehead atoms. The Hall–Kier alpha value is -2.41. The third-order valence-electron chi connectivity index (χ3n) is 2.75. The summed E-state index contributed by atoms with van der Waals surface area (Å²) in [6.07, 6.45) is 0. The minimum atomic E-state index is -5.15. The molecule has 0 aliphatic carbocycles. The SMILES string of the molecule is CC(=O)Nc1ccc(O)c([As](=O)(O)O)c1.COc1ccccc1N. The monoisotopic (exact) mass is 398 g/mol. The summed E-state index contributed by atoms with van der Waals surface area (Å²) in [6, 6.07) is 10.9. The third-order valence-corrected chi connectivity index (χ3v) is 4.82. The van der Waals surface area contributed by atoms with Crippen LogP contribution in [0.15, 0.2) is 42.5 Å². The number of phenolic OH excluding ortho intramolecular Hbond substituents is 1. The van der Waals surface area contributed by atoms with E-state index in [1.54, 1.807) is 13.2 Å². The van der Waals surface area contributed by atoms with Gasteiger partial charge in [0.1, 0.15) is 5.75 Å². The molecule has 0 heterocycles. The summed E-state index contributed by atoms with van der Waals surface area (Å²) in [4.78, 5) is 10.7. The van der Waals surface area contributed by atoms with Gasteiger partial charge in [-0.3, -0.25) is 0 Å². The van der Waals surface area contributed by atoms with Crippen LogP contribution in [0.1, 0.15) is 6.92 Å². The Balaban J connectivity index is 0.000000272. The Bertz CT molecular complexity index is 759. The number of benzene rings is 2. The van der Waals surface area contributed by atoms with Gasteiger partial charge in [-0.1, -0.05) is 12.1 Å². The zero-order valence-corrected chi connectivity index (χ0v) is 15.0. The molecular formula is C15H19AsN2O6. The number of nitrogen functional groups attached to an aromatic ring is 1. The van der Waals surface area contributed by atoms with Crippen molar-refractivity contribution in [3.63, 3.8) is 0 Å². The number of anilines is 2. The van der Waals surface area contributed by atoms with Gasteiger partial charge in [0.05, 0.1) is 12.8 Å². The smallest absolute Gasteiger partial charge is 0.141 e. The van der Waals surface area contributed by atoms with Crippen molar-refractivity contribution in [2.45, 2.75) is 6.92 Å². The summed E-state index contributed by atoms with van der Waals surface area (Å²) in [5.41, 5.74) is 6.42. The van der Waals surface area contributed by atoms with Crippen molar-refractivity contribution in [2.24, 2.45) is 0 Å². The van der Waals surface area contributed by atoms with Crippen molar-refractivity contribution in [3.05, 3.63) is 42.5 Å². The van der Waals surface area contributed by atoms with Gasteiger partial charge in [-0.2, -0.15) is 0 Å². The van der Waals surface area contributed by atoms with E-state index in [2.05, 4.69) is 5.32 Å². The van der Waals surface area contributed by atoms with Gasteiger partial charge in [0.15, 0.2) is 0 Å². The molecule has 2 rings (SSSR count). The van der Waals surface area contributed by atoms with E-state index in [9.17, 15) is 13.6 Å². The van der Waals surface area contributed by atoms with Gasteiger partial charge < -0.3 is 10.5 Å². The van der Waals surface area contributed by atoms with Crippen LogP contribution in [-0.2, 0) is 8.53 Å². The molecule has 0 aromatic heterocycles. The molecular weight excluding hydrogens is 379 g/mol. The number of carbonyl (C=O) groups is 1. The molecule has 0 saturated carbocycles. The molecule has 2 aromatic carbocycles. The van der Waals surface area contributed by atoms with E-state index in [0.29, 0.717) is 5.69 Å². The van der Waals surface area contributed by atoms with Crippen LogP contribution in [0.3, 0.4) is 0 Å². The van der Waals surface area contributed by atoms with E-state index < -0.39 is 24.3 Å². The fourth-order valence-corrected chi connectivity index (χ4v) is 3.13. The number of rotatable bonds is 3. The maximum atomic E-state index is 11.0. The van der Waals surface area contributed by atoms with Crippen molar-refractivity contribution in [2.75, 3.05) is 18.2 Å². The number of hydrogen-bond acceptors (Lipinski definition) is 5. The van der Waals surface area contributed by atoms with E-state index >= 15 is 0 Å². The van der Waals surface area contributed by atoms with E-state index in [0.717, 1.165) is 17.9 Å². The topological polar surface area (TPSA) is 142 Å². The van der Waals surface area contributed by atoms with Crippen LogP contribution in [0.5, 0.6) is 11.5 Å². The number of amides is 1. The molecule has 1 amide bonds. The standard InChI is InChI=1S/C8H10AsNO5.C7H9NO/c1-5(11)10-6-2-3-8(12)7(4-6)9(13,14)15;1-9-7-5-3-2-4-6(7)8/h2-4,12H,1H3,(H,10,11)(H2,13,14,15);2-5H,8H2,1H3. The van der Waals surface area contributed by atoms with Crippen molar-refractivity contribution in [1.82, 2.24) is 0 Å². The molecule has 9 heteroatoms. The van der Waals surface area contributed by atoms with Gasteiger partial charge in [0.2, 0.25) is 0 Å². The molecule has 0 aliphatic rings. The number of aromatic hydroxyl groups is 1. The van der Waals surface area contributed by atoms with Crippen LogP contribution in [-0.4, -0.2) is 40.5 Å². The summed E-state index contributed by atoms with van der Waals surface area (Å²) in [5, 5.41) is 11.6. The summed E-state index contributed by atoms with van der Waals surface area (Å²) in [7, 11) is 1.60. The minimum Gasteiger partial charge on any atom is -0.495 e. The fourth-order valence-electron chi connectivity index (χ4n) is 1.70. The van der Waals surface area contributed by atoms with Gasteiger partial charge in [0.25, 0.3) is 0 Å². The Morgan fingerprint density at radius 2 is 1.83 bits per heavy atom. The molecule has 130 valence electrons. The number of nitrogens with two attached hydrogens (primary N) is 1. The van der Waals surface area contributed by atoms with E-state index in [4.69, 9.17) is 18.7 Å². The van der Waals surface area contributed by atoms with Gasteiger partial charge in [-0.05, 0) is 12.1 Å². The first-order valence-electron chi connectivity index (χ1n) is 6.70. The fraction of sp³-hybridized carbons (Fsp3) is 0.133. The number of nitrogens with one attached hydrogen (secondary N) is 1. The van der Waals surface area contributed by atoms with E-state index in [1.165, 1.54) is 13.0 Å². The van der Waals surface area contributed by atoms with Crippen molar-refractivity contribution in [1.29, 1.82) is 0 Å². The molecule has 2 aromatic rings. The van der Waals surface area contributed by atoms with Crippen LogP contribution < -0.4 is 20.1 Å². The van der Waals surface area contributed by atoms with Crippen LogP contribution >= 0.6 is 0 Å².